The summed E-state index contributed by atoms with van der Waals surface area (Å²) >= 11 is 0. The van der Waals surface area contributed by atoms with E-state index in [2.05, 4.69) is 87.3 Å². The van der Waals surface area contributed by atoms with Crippen LogP contribution in [0, 0.1) is 0 Å². The summed E-state index contributed by atoms with van der Waals surface area (Å²) in [5.41, 5.74) is 5.24. The van der Waals surface area contributed by atoms with Crippen molar-refractivity contribution in [1.82, 2.24) is 24.5 Å². The molecule has 4 aromatic heterocycles. The van der Waals surface area contributed by atoms with Gasteiger partial charge in [-0.3, -0.25) is 9.55 Å². The van der Waals surface area contributed by atoms with Gasteiger partial charge in [0.15, 0.2) is 11.5 Å². The molecule has 37 heavy (non-hydrogen) atoms. The van der Waals surface area contributed by atoms with Gasteiger partial charge < -0.3 is 0 Å². The first kappa shape index (κ1) is 20.1. The van der Waals surface area contributed by atoms with Crippen molar-refractivity contribution in [2.75, 3.05) is 0 Å². The maximum Gasteiger partial charge on any atom is 0.180 e. The maximum absolute atomic E-state index is 5.14. The number of rotatable bonds is 2. The topological polar surface area (TPSA) is 56.5 Å². The number of benzene rings is 4. The Bertz CT molecular complexity index is 2150. The number of nitrogens with zero attached hydrogens (tertiary/aromatic N) is 5. The lowest BCUT2D eigenvalue weighted by Gasteiger charge is -2.14. The van der Waals surface area contributed by atoms with Crippen molar-refractivity contribution < 1.29 is 0 Å². The molecule has 0 bridgehead atoms. The molecule has 0 atom stereocenters. The summed E-state index contributed by atoms with van der Waals surface area (Å²) in [6.07, 6.45) is 5.38. The van der Waals surface area contributed by atoms with E-state index in [1.54, 1.807) is 12.4 Å². The third-order valence-electron chi connectivity index (χ3n) is 7.09. The fourth-order valence-electron chi connectivity index (χ4n) is 5.42. The second-order valence-corrected chi connectivity index (χ2v) is 9.22. The second kappa shape index (κ2) is 7.67. The summed E-state index contributed by atoms with van der Waals surface area (Å²) in [6, 6.07) is 33.8. The molecule has 0 radical (unpaired) electrons. The predicted octanol–water partition coefficient (Wildman–Crippen LogP) is 7.49. The number of fused-ring (bicyclic) bond motifs is 7. The van der Waals surface area contributed by atoms with E-state index >= 15 is 0 Å². The second-order valence-electron chi connectivity index (χ2n) is 9.22. The summed E-state index contributed by atoms with van der Waals surface area (Å²) in [6.45, 7) is 0. The molecule has 0 spiro atoms. The molecule has 4 aromatic carbocycles. The van der Waals surface area contributed by atoms with Gasteiger partial charge in [0.05, 0.1) is 11.0 Å². The number of aromatic nitrogens is 5. The zero-order chi connectivity index (χ0) is 24.3. The van der Waals surface area contributed by atoms with Crippen molar-refractivity contribution in [3.05, 3.63) is 116 Å². The number of hydrogen-bond acceptors (Lipinski definition) is 4. The van der Waals surface area contributed by atoms with Crippen LogP contribution in [0.1, 0.15) is 0 Å². The van der Waals surface area contributed by atoms with Crippen LogP contribution < -0.4 is 0 Å². The third kappa shape index (κ3) is 2.98. The maximum atomic E-state index is 5.14. The molecule has 0 amide bonds. The summed E-state index contributed by atoms with van der Waals surface area (Å²) in [4.78, 5) is 19.2. The Kier molecular flexibility index (Phi) is 4.16. The van der Waals surface area contributed by atoms with Crippen LogP contribution in [0.4, 0.5) is 0 Å². The fourth-order valence-corrected chi connectivity index (χ4v) is 5.42. The summed E-state index contributed by atoms with van der Waals surface area (Å²) in [5.74, 6) is 0.742. The largest absolute Gasteiger partial charge is 0.291 e. The molecule has 0 aliphatic carbocycles. The van der Waals surface area contributed by atoms with Crippen molar-refractivity contribution in [2.45, 2.75) is 0 Å². The Balaban J connectivity index is 1.63. The Morgan fingerprint density at radius 2 is 1.41 bits per heavy atom. The molecular formula is C32H19N5. The highest BCUT2D eigenvalue weighted by Gasteiger charge is 2.21. The standard InChI is InChI=1S/C32H19N5/c1-2-9-22-18-28-26(17-21(22)8-1)25-14-13-20-7-3-4-11-24(20)30(25)37(28)32-29(23-10-5-15-33-19-23)35-27-12-6-16-34-31(27)36-32/h1-19H. The van der Waals surface area contributed by atoms with Crippen molar-refractivity contribution >= 4 is 54.5 Å². The molecule has 8 rings (SSSR count). The highest BCUT2D eigenvalue weighted by molar-refractivity contribution is 6.20. The lowest BCUT2D eigenvalue weighted by atomic mass is 10.0. The van der Waals surface area contributed by atoms with E-state index in [0.29, 0.717) is 5.65 Å². The Labute approximate surface area is 211 Å². The van der Waals surface area contributed by atoms with Crippen LogP contribution in [0.5, 0.6) is 0 Å². The average Bonchev–Trinajstić information content (AvgIpc) is 3.29. The van der Waals surface area contributed by atoms with E-state index in [-0.39, 0.29) is 0 Å². The molecular weight excluding hydrogens is 454 g/mol. The SMILES string of the molecule is c1cncc(-c2nc3cccnc3nc2-n2c3cc4ccccc4cc3c3ccc4ccccc4c32)c1. The van der Waals surface area contributed by atoms with E-state index in [1.807, 2.05) is 30.5 Å². The molecule has 0 aliphatic heterocycles. The van der Waals surface area contributed by atoms with Gasteiger partial charge in [-0.15, -0.1) is 0 Å². The van der Waals surface area contributed by atoms with Crippen molar-refractivity contribution in [2.24, 2.45) is 0 Å². The van der Waals surface area contributed by atoms with Crippen LogP contribution in [-0.2, 0) is 0 Å². The van der Waals surface area contributed by atoms with Gasteiger partial charge in [0.2, 0.25) is 0 Å². The molecule has 0 fully saturated rings. The van der Waals surface area contributed by atoms with Gasteiger partial charge in [-0.1, -0.05) is 60.7 Å². The van der Waals surface area contributed by atoms with Crippen molar-refractivity contribution in [3.8, 4) is 17.1 Å². The average molecular weight is 474 g/mol. The summed E-state index contributed by atoms with van der Waals surface area (Å²) in [7, 11) is 0. The lowest BCUT2D eigenvalue weighted by Crippen LogP contribution is -2.04. The Morgan fingerprint density at radius 3 is 2.27 bits per heavy atom. The van der Waals surface area contributed by atoms with Gasteiger partial charge in [-0.05, 0) is 52.6 Å². The van der Waals surface area contributed by atoms with Crippen LogP contribution in [-0.4, -0.2) is 24.5 Å². The predicted molar refractivity (Wildman–Crippen MR) is 150 cm³/mol. The third-order valence-corrected chi connectivity index (χ3v) is 7.09. The van der Waals surface area contributed by atoms with Gasteiger partial charge in [-0.2, -0.15) is 0 Å². The number of hydrogen-bond donors (Lipinski definition) is 0. The van der Waals surface area contributed by atoms with Crippen molar-refractivity contribution in [3.63, 3.8) is 0 Å². The first-order chi connectivity index (χ1) is 18.3. The first-order valence-corrected chi connectivity index (χ1v) is 12.2. The molecule has 0 N–H and O–H groups in total. The number of pyridine rings is 2. The van der Waals surface area contributed by atoms with Crippen molar-refractivity contribution in [1.29, 1.82) is 0 Å². The smallest absolute Gasteiger partial charge is 0.180 e. The summed E-state index contributed by atoms with van der Waals surface area (Å²) in [5, 5.41) is 7.09. The van der Waals surface area contributed by atoms with Gasteiger partial charge >= 0.3 is 0 Å². The van der Waals surface area contributed by atoms with Crippen LogP contribution in [0.25, 0.3) is 71.6 Å². The van der Waals surface area contributed by atoms with E-state index < -0.39 is 0 Å². The van der Waals surface area contributed by atoms with Gasteiger partial charge in [-0.25, -0.2) is 15.0 Å². The van der Waals surface area contributed by atoms with Gasteiger partial charge in [0, 0.05) is 40.3 Å². The highest BCUT2D eigenvalue weighted by atomic mass is 15.1. The highest BCUT2D eigenvalue weighted by Crippen LogP contribution is 2.40. The molecule has 5 nitrogen and oxygen atoms in total. The zero-order valence-electron chi connectivity index (χ0n) is 19.7. The first-order valence-electron chi connectivity index (χ1n) is 12.2. The van der Waals surface area contributed by atoms with Crippen LogP contribution in [0.2, 0.25) is 0 Å². The minimum atomic E-state index is 0.612. The molecule has 0 saturated carbocycles. The van der Waals surface area contributed by atoms with E-state index in [4.69, 9.17) is 9.97 Å². The lowest BCUT2D eigenvalue weighted by molar-refractivity contribution is 1.07. The minimum absolute atomic E-state index is 0.612. The van der Waals surface area contributed by atoms with E-state index in [1.165, 1.54) is 32.3 Å². The Hall–Kier alpha value is -5.16. The van der Waals surface area contributed by atoms with Gasteiger partial charge in [0.25, 0.3) is 0 Å². The van der Waals surface area contributed by atoms with E-state index in [0.717, 1.165) is 33.6 Å². The molecule has 5 heteroatoms. The molecule has 0 aliphatic rings. The monoisotopic (exact) mass is 473 g/mol. The van der Waals surface area contributed by atoms with E-state index in [9.17, 15) is 0 Å². The Morgan fingerprint density at radius 1 is 0.595 bits per heavy atom. The fraction of sp³-hybridized carbons (Fsp3) is 0. The van der Waals surface area contributed by atoms with Crippen LogP contribution >= 0.6 is 0 Å². The summed E-state index contributed by atoms with van der Waals surface area (Å²) < 4.78 is 2.27. The molecule has 0 unspecified atom stereocenters. The molecule has 8 aromatic rings. The van der Waals surface area contributed by atoms with Crippen LogP contribution in [0.3, 0.4) is 0 Å². The quantitative estimate of drug-likeness (QED) is 0.261. The normalized spacial score (nSPS) is 11.8. The zero-order valence-corrected chi connectivity index (χ0v) is 19.7. The molecule has 172 valence electrons. The minimum Gasteiger partial charge on any atom is -0.291 e. The van der Waals surface area contributed by atoms with Crippen LogP contribution in [0.15, 0.2) is 116 Å². The molecule has 0 saturated heterocycles. The van der Waals surface area contributed by atoms with Gasteiger partial charge in [0.1, 0.15) is 11.2 Å². The molecule has 4 heterocycles.